The number of nitrogens with one attached hydrogen (secondary N) is 1. The second-order valence-corrected chi connectivity index (χ2v) is 4.80. The van der Waals surface area contributed by atoms with Gasteiger partial charge in [-0.25, -0.2) is 0 Å². The first-order valence-electron chi connectivity index (χ1n) is 4.92. The molecule has 0 amide bonds. The Hall–Kier alpha value is -0.450. The van der Waals surface area contributed by atoms with Gasteiger partial charge in [-0.1, -0.05) is 20.3 Å². The van der Waals surface area contributed by atoms with E-state index in [1.165, 1.54) is 15.7 Å². The third-order valence-corrected chi connectivity index (χ3v) is 3.22. The molecule has 0 radical (unpaired) electrons. The van der Waals surface area contributed by atoms with Gasteiger partial charge in [0, 0.05) is 21.5 Å². The van der Waals surface area contributed by atoms with Gasteiger partial charge >= 0.3 is 0 Å². The number of benzene rings is 1. The zero-order valence-electron chi connectivity index (χ0n) is 8.68. The minimum atomic E-state index is 0.711. The summed E-state index contributed by atoms with van der Waals surface area (Å²) in [5.74, 6) is 0.711. The number of anilines is 2. The number of hydrogen-bond acceptors (Lipinski definition) is 2. The Bertz CT molecular complexity index is 299. The SMILES string of the molecule is CCC(C)CNc1ccc(N)cc1I. The lowest BCUT2D eigenvalue weighted by Gasteiger charge is -2.12. The summed E-state index contributed by atoms with van der Waals surface area (Å²) < 4.78 is 1.19. The number of hydrogen-bond donors (Lipinski definition) is 2. The molecule has 1 aromatic carbocycles. The molecule has 1 atom stereocenters. The zero-order chi connectivity index (χ0) is 10.6. The highest BCUT2D eigenvalue weighted by atomic mass is 127. The standard InChI is InChI=1S/C11H17IN2/c1-3-8(2)7-14-11-5-4-9(13)6-10(11)12/h4-6,8,14H,3,7,13H2,1-2H3. The Morgan fingerprint density at radius 2 is 2.21 bits per heavy atom. The molecule has 0 aliphatic carbocycles. The van der Waals surface area contributed by atoms with Crippen molar-refractivity contribution in [2.24, 2.45) is 5.92 Å². The van der Waals surface area contributed by atoms with Crippen molar-refractivity contribution in [3.63, 3.8) is 0 Å². The number of nitrogens with two attached hydrogens (primary N) is 1. The van der Waals surface area contributed by atoms with Gasteiger partial charge in [0.25, 0.3) is 0 Å². The predicted molar refractivity (Wildman–Crippen MR) is 71.5 cm³/mol. The quantitative estimate of drug-likeness (QED) is 0.661. The average molecular weight is 304 g/mol. The highest BCUT2D eigenvalue weighted by Gasteiger charge is 2.01. The Morgan fingerprint density at radius 3 is 2.79 bits per heavy atom. The minimum Gasteiger partial charge on any atom is -0.399 e. The predicted octanol–water partition coefficient (Wildman–Crippen LogP) is 3.33. The van der Waals surface area contributed by atoms with Gasteiger partial charge in [-0.3, -0.25) is 0 Å². The van der Waals surface area contributed by atoms with Crippen molar-refractivity contribution in [2.45, 2.75) is 20.3 Å². The van der Waals surface area contributed by atoms with Crippen LogP contribution >= 0.6 is 22.6 Å². The molecule has 14 heavy (non-hydrogen) atoms. The summed E-state index contributed by atoms with van der Waals surface area (Å²) in [6.07, 6.45) is 1.21. The number of halogens is 1. The van der Waals surface area contributed by atoms with E-state index in [-0.39, 0.29) is 0 Å². The molecule has 0 aliphatic heterocycles. The van der Waals surface area contributed by atoms with Crippen molar-refractivity contribution >= 4 is 34.0 Å². The van der Waals surface area contributed by atoms with Gasteiger partial charge in [0.05, 0.1) is 0 Å². The van der Waals surface area contributed by atoms with Gasteiger partial charge in [-0.05, 0) is 46.7 Å². The maximum Gasteiger partial charge on any atom is 0.0477 e. The fourth-order valence-corrected chi connectivity index (χ4v) is 1.83. The van der Waals surface area contributed by atoms with Gasteiger partial charge in [0.1, 0.15) is 0 Å². The molecule has 1 rings (SSSR count). The van der Waals surface area contributed by atoms with Gasteiger partial charge in [-0.15, -0.1) is 0 Å². The topological polar surface area (TPSA) is 38.0 Å². The van der Waals surface area contributed by atoms with Crippen molar-refractivity contribution in [3.05, 3.63) is 21.8 Å². The Labute approximate surface area is 99.4 Å². The Kier molecular flexibility index (Phi) is 4.51. The van der Waals surface area contributed by atoms with E-state index in [1.807, 2.05) is 18.2 Å². The maximum absolute atomic E-state index is 5.68. The lowest BCUT2D eigenvalue weighted by Crippen LogP contribution is -2.11. The monoisotopic (exact) mass is 304 g/mol. The van der Waals surface area contributed by atoms with Crippen LogP contribution in [0.4, 0.5) is 11.4 Å². The van der Waals surface area contributed by atoms with E-state index in [9.17, 15) is 0 Å². The number of rotatable bonds is 4. The molecule has 0 saturated carbocycles. The summed E-state index contributed by atoms with van der Waals surface area (Å²) in [5, 5.41) is 3.43. The second kappa shape index (κ2) is 5.44. The molecule has 1 aromatic rings. The molecule has 0 heterocycles. The van der Waals surface area contributed by atoms with Crippen molar-refractivity contribution in [1.82, 2.24) is 0 Å². The molecule has 1 unspecified atom stereocenters. The third kappa shape index (κ3) is 3.36. The van der Waals surface area contributed by atoms with Crippen LogP contribution in [0.25, 0.3) is 0 Å². The maximum atomic E-state index is 5.68. The van der Waals surface area contributed by atoms with Gasteiger partial charge in [-0.2, -0.15) is 0 Å². The van der Waals surface area contributed by atoms with Crippen LogP contribution in [0.5, 0.6) is 0 Å². The largest absolute Gasteiger partial charge is 0.399 e. The first-order valence-corrected chi connectivity index (χ1v) is 6.00. The van der Waals surface area contributed by atoms with Crippen LogP contribution in [0.3, 0.4) is 0 Å². The molecular formula is C11H17IN2. The van der Waals surface area contributed by atoms with E-state index in [4.69, 9.17) is 5.73 Å². The molecule has 0 saturated heterocycles. The normalized spacial score (nSPS) is 12.5. The van der Waals surface area contributed by atoms with Gasteiger partial charge in [0.2, 0.25) is 0 Å². The van der Waals surface area contributed by atoms with Crippen LogP contribution in [0, 0.1) is 9.49 Å². The summed E-state index contributed by atoms with van der Waals surface area (Å²) in [7, 11) is 0. The van der Waals surface area contributed by atoms with E-state index < -0.39 is 0 Å². The molecule has 0 fully saturated rings. The molecule has 78 valence electrons. The molecular weight excluding hydrogens is 287 g/mol. The highest BCUT2D eigenvalue weighted by Crippen LogP contribution is 2.21. The van der Waals surface area contributed by atoms with Crippen LogP contribution in [0.15, 0.2) is 18.2 Å². The lowest BCUT2D eigenvalue weighted by atomic mass is 10.1. The van der Waals surface area contributed by atoms with Crippen LogP contribution < -0.4 is 11.1 Å². The summed E-state index contributed by atoms with van der Waals surface area (Å²) in [6.45, 7) is 5.48. The van der Waals surface area contributed by atoms with E-state index in [1.54, 1.807) is 0 Å². The lowest BCUT2D eigenvalue weighted by molar-refractivity contribution is 0.593. The molecule has 3 N–H and O–H groups in total. The fourth-order valence-electron chi connectivity index (χ4n) is 1.10. The first kappa shape index (κ1) is 11.6. The molecule has 3 heteroatoms. The first-order chi connectivity index (χ1) is 6.63. The van der Waals surface area contributed by atoms with Crippen LogP contribution in [-0.4, -0.2) is 6.54 Å². The fraction of sp³-hybridized carbons (Fsp3) is 0.455. The van der Waals surface area contributed by atoms with Crippen LogP contribution in [0.1, 0.15) is 20.3 Å². The van der Waals surface area contributed by atoms with E-state index in [0.29, 0.717) is 5.92 Å². The summed E-state index contributed by atoms with van der Waals surface area (Å²) in [5.41, 5.74) is 7.68. The van der Waals surface area contributed by atoms with Crippen molar-refractivity contribution in [3.8, 4) is 0 Å². The van der Waals surface area contributed by atoms with Crippen LogP contribution in [0.2, 0.25) is 0 Å². The van der Waals surface area contributed by atoms with Gasteiger partial charge < -0.3 is 11.1 Å². The Morgan fingerprint density at radius 1 is 1.50 bits per heavy atom. The molecule has 0 aromatic heterocycles. The van der Waals surface area contributed by atoms with E-state index in [2.05, 4.69) is 41.8 Å². The van der Waals surface area contributed by atoms with Crippen molar-refractivity contribution < 1.29 is 0 Å². The second-order valence-electron chi connectivity index (χ2n) is 3.63. The molecule has 0 spiro atoms. The van der Waals surface area contributed by atoms with E-state index >= 15 is 0 Å². The van der Waals surface area contributed by atoms with Gasteiger partial charge in [0.15, 0.2) is 0 Å². The van der Waals surface area contributed by atoms with Crippen LogP contribution in [-0.2, 0) is 0 Å². The Balaban J connectivity index is 2.59. The third-order valence-electron chi connectivity index (χ3n) is 2.33. The smallest absolute Gasteiger partial charge is 0.0477 e. The molecule has 0 aliphatic rings. The molecule has 0 bridgehead atoms. The number of nitrogen functional groups attached to an aromatic ring is 1. The summed E-state index contributed by atoms with van der Waals surface area (Å²) in [6, 6.07) is 5.96. The average Bonchev–Trinajstić information content (AvgIpc) is 2.16. The highest BCUT2D eigenvalue weighted by molar-refractivity contribution is 14.1. The van der Waals surface area contributed by atoms with E-state index in [0.717, 1.165) is 12.2 Å². The summed E-state index contributed by atoms with van der Waals surface area (Å²) >= 11 is 2.30. The van der Waals surface area contributed by atoms with Crippen molar-refractivity contribution in [1.29, 1.82) is 0 Å². The zero-order valence-corrected chi connectivity index (χ0v) is 10.8. The minimum absolute atomic E-state index is 0.711. The summed E-state index contributed by atoms with van der Waals surface area (Å²) in [4.78, 5) is 0. The molecule has 2 nitrogen and oxygen atoms in total. The van der Waals surface area contributed by atoms with Crippen molar-refractivity contribution in [2.75, 3.05) is 17.6 Å².